The number of fused-ring (bicyclic) bond motifs is 6. The smallest absolute Gasteiger partial charge is 0.322 e. The lowest BCUT2D eigenvalue weighted by Gasteiger charge is -2.27. The first-order chi connectivity index (χ1) is 70.2. The number of H-pyrrole nitrogens is 2. The highest BCUT2D eigenvalue weighted by atomic mass is 127. The number of halogens is 9. The Morgan fingerprint density at radius 2 is 0.753 bits per heavy atom. The van der Waals surface area contributed by atoms with Crippen LogP contribution in [0.3, 0.4) is 0 Å². The number of carbonyl (C=O) groups excluding carboxylic acids is 5. The van der Waals surface area contributed by atoms with Gasteiger partial charge in [-0.25, -0.2) is 44.2 Å². The molecule has 0 bridgehead atoms. The molecule has 33 nitrogen and oxygen atoms in total. The van der Waals surface area contributed by atoms with E-state index >= 15 is 0 Å². The Bertz CT molecular complexity index is 8110. The summed E-state index contributed by atoms with van der Waals surface area (Å²) in [7, 11) is 15.9. The average Bonchev–Trinajstić information content (AvgIpc) is 1.67. The number of carbonyl (C=O) groups is 5. The van der Waals surface area contributed by atoms with Gasteiger partial charge in [-0.15, -0.1) is 0 Å². The molecule has 0 unspecified atom stereocenters. The number of nitrogen functional groups attached to an aromatic ring is 1. The van der Waals surface area contributed by atoms with E-state index in [1.54, 1.807) is 133 Å². The predicted octanol–water partition coefficient (Wildman–Crippen LogP) is 21.3. The van der Waals surface area contributed by atoms with Crippen LogP contribution in [0.1, 0.15) is 76.1 Å². The minimum absolute atomic E-state index is 0.207. The van der Waals surface area contributed by atoms with Crippen LogP contribution in [0.15, 0.2) is 239 Å². The maximum absolute atomic E-state index is 13.1. The summed E-state index contributed by atoms with van der Waals surface area (Å²) in [5, 5.41) is 49.7. The summed E-state index contributed by atoms with van der Waals surface area (Å²) < 4.78 is 22.7. The van der Waals surface area contributed by atoms with Crippen molar-refractivity contribution in [3.05, 3.63) is 328 Å². The lowest BCUT2D eigenvalue weighted by Crippen LogP contribution is -2.43. The molecule has 42 heteroatoms. The van der Waals surface area contributed by atoms with Crippen molar-refractivity contribution in [2.75, 3.05) is 104 Å². The third-order valence-electron chi connectivity index (χ3n) is 23.6. The van der Waals surface area contributed by atoms with Crippen LogP contribution >= 0.6 is 139 Å². The van der Waals surface area contributed by atoms with Crippen molar-refractivity contribution < 1.29 is 33.4 Å². The summed E-state index contributed by atoms with van der Waals surface area (Å²) in [6, 6.07) is 59.0. The van der Waals surface area contributed by atoms with E-state index in [4.69, 9.17) is 66.7 Å². The quantitative estimate of drug-likeness (QED) is 0.0386. The third-order valence-corrected chi connectivity index (χ3v) is 27.5. The van der Waals surface area contributed by atoms with Gasteiger partial charge >= 0.3 is 12.1 Å². The lowest BCUT2D eigenvalue weighted by molar-refractivity contribution is 0.0564. The van der Waals surface area contributed by atoms with Crippen LogP contribution in [0.5, 0.6) is 0 Å². The molecule has 2 aliphatic rings. The van der Waals surface area contributed by atoms with Crippen molar-refractivity contribution in [2.24, 2.45) is 28.2 Å². The van der Waals surface area contributed by atoms with E-state index in [2.05, 4.69) is 187 Å². The SMILES string of the molecule is Brc1cnc2n[nH]c(I)c2c1.CN(C)C(=O)c1cc(-c2cnc3c(c2)c(Cc2cccc(Cl)c2)nn3C)ccc1NC(=O)N1CCOCC1.CN(C)C(=O)c1cc(-c2cnc3n[nH]c(Cc4cccc(Cl)c4)c3c2)ccc1NC(=O)N1CCOCC1.CNC(=O)c1cc(-c2cnc3c(c2)c(Cc2cccc(Cl)c2)nn3C)ccc1N.Cn1nc(Cc2cccc(Cl)c2)c2cc(Br)cnc21.Cn1nc(I)c2cc(Br)cnc21. The van der Waals surface area contributed by atoms with E-state index < -0.39 is 0 Å². The number of aromatic amines is 2. The highest BCUT2D eigenvalue weighted by Gasteiger charge is 2.27. The minimum atomic E-state index is -0.254. The largest absolute Gasteiger partial charge is 0.398 e. The van der Waals surface area contributed by atoms with Crippen molar-refractivity contribution in [1.82, 2.24) is 114 Å². The number of urea groups is 2. The van der Waals surface area contributed by atoms with Gasteiger partial charge in [0.2, 0.25) is 0 Å². The number of ether oxygens (including phenoxy) is 2. The molecule has 7 amide bonds. The van der Waals surface area contributed by atoms with Crippen LogP contribution in [-0.2, 0) is 63.3 Å². The molecule has 7 N–H and O–H groups in total. The molecule has 19 aromatic rings. The Labute approximate surface area is 911 Å². The first-order valence-corrected chi connectivity index (χ1v) is 51.6. The van der Waals surface area contributed by atoms with Crippen LogP contribution in [0.25, 0.3) is 99.6 Å². The minimum Gasteiger partial charge on any atom is -0.398 e. The lowest BCUT2D eigenvalue weighted by atomic mass is 10.0. The molecular formula is C104H95Br3Cl4I2N26O7. The number of rotatable bonds is 16. The van der Waals surface area contributed by atoms with Crippen molar-refractivity contribution in [3.8, 4) is 33.4 Å². The molecule has 0 spiro atoms. The van der Waals surface area contributed by atoms with Gasteiger partial charge in [-0.05, 0) is 253 Å². The average molecular weight is 2460 g/mol. The number of nitrogens with one attached hydrogen (secondary N) is 5. The van der Waals surface area contributed by atoms with Gasteiger partial charge in [0.25, 0.3) is 17.7 Å². The fourth-order valence-electron chi connectivity index (χ4n) is 16.3. The molecule has 0 radical (unpaired) electrons. The summed E-state index contributed by atoms with van der Waals surface area (Å²) in [6.07, 6.45) is 13.2. The maximum atomic E-state index is 13.1. The van der Waals surface area contributed by atoms with E-state index in [1.165, 1.54) is 9.80 Å². The Balaban J connectivity index is 0.000000132. The highest BCUT2D eigenvalue weighted by Crippen LogP contribution is 2.36. The highest BCUT2D eigenvalue weighted by molar-refractivity contribution is 14.1. The van der Waals surface area contributed by atoms with Crippen LogP contribution in [0.2, 0.25) is 20.1 Å². The number of nitrogens with zero attached hydrogens (tertiary/aromatic N) is 20. The van der Waals surface area contributed by atoms with Gasteiger partial charge in [-0.1, -0.05) is 113 Å². The monoisotopic (exact) mass is 2450 g/mol. The molecular weight excluding hydrogens is 2360 g/mol. The third kappa shape index (κ3) is 26.0. The summed E-state index contributed by atoms with van der Waals surface area (Å²) >= 11 is 39.0. The number of nitrogens with two attached hydrogens (primary N) is 1. The number of anilines is 3. The number of hydrogen-bond donors (Lipinski definition) is 6. The molecule has 0 saturated carbocycles. The number of aryl methyl sites for hydroxylation is 4. The fourth-order valence-corrected chi connectivity index (χ4v) is 19.4. The number of morpholine rings is 2. The Hall–Kier alpha value is -13.0. The molecule has 746 valence electrons. The number of amides is 7. The second kappa shape index (κ2) is 48.1. The second-order valence-electron chi connectivity index (χ2n) is 34.3. The van der Waals surface area contributed by atoms with Crippen molar-refractivity contribution >= 4 is 252 Å². The van der Waals surface area contributed by atoms with Crippen molar-refractivity contribution in [1.29, 1.82) is 0 Å². The van der Waals surface area contributed by atoms with Crippen LogP contribution in [0, 0.1) is 7.40 Å². The van der Waals surface area contributed by atoms with Gasteiger partial charge in [-0.3, -0.25) is 38.6 Å². The number of hydrogen-bond acceptors (Lipinski definition) is 20. The molecule has 2 aliphatic heterocycles. The van der Waals surface area contributed by atoms with Gasteiger partial charge in [-0.2, -0.15) is 30.6 Å². The number of aromatic nitrogens is 18. The zero-order chi connectivity index (χ0) is 103. The predicted molar refractivity (Wildman–Crippen MR) is 600 cm³/mol. The Morgan fingerprint density at radius 3 is 1.18 bits per heavy atom. The normalized spacial score (nSPS) is 12.3. The Morgan fingerprint density at radius 1 is 0.404 bits per heavy atom. The summed E-state index contributed by atoms with van der Waals surface area (Å²) in [6.45, 7) is 4.03. The fraction of sp³-hybridized carbons (Fsp3) is 0.202. The molecule has 146 heavy (non-hydrogen) atoms. The molecule has 14 heterocycles. The van der Waals surface area contributed by atoms with Crippen molar-refractivity contribution in [3.63, 3.8) is 0 Å². The Kier molecular flexibility index (Phi) is 34.9. The van der Waals surface area contributed by atoms with Gasteiger partial charge in [0.15, 0.2) is 33.9 Å². The van der Waals surface area contributed by atoms with Gasteiger partial charge in [0.05, 0.1) is 82.3 Å². The van der Waals surface area contributed by atoms with Gasteiger partial charge < -0.3 is 50.8 Å². The first-order valence-electron chi connectivity index (χ1n) is 45.6. The molecule has 21 rings (SSSR count). The van der Waals surface area contributed by atoms with Crippen LogP contribution in [-0.4, -0.2) is 227 Å². The zero-order valence-corrected chi connectivity index (χ0v) is 92.2. The summed E-state index contributed by atoms with van der Waals surface area (Å²) in [5.41, 5.74) is 26.4. The van der Waals surface area contributed by atoms with E-state index in [1.807, 2.05) is 172 Å². The van der Waals surface area contributed by atoms with E-state index in [0.717, 1.165) is 171 Å². The molecule has 7 aromatic carbocycles. The first kappa shape index (κ1) is 106. The van der Waals surface area contributed by atoms with Gasteiger partial charge in [0, 0.05) is 236 Å². The maximum Gasteiger partial charge on any atom is 0.322 e. The molecule has 0 aliphatic carbocycles. The van der Waals surface area contributed by atoms with E-state index in [0.29, 0.717) is 126 Å². The summed E-state index contributed by atoms with van der Waals surface area (Å²) in [5.74, 6) is -0.638. The van der Waals surface area contributed by atoms with Crippen LogP contribution < -0.4 is 21.7 Å². The van der Waals surface area contributed by atoms with Crippen LogP contribution in [0.4, 0.5) is 26.7 Å². The van der Waals surface area contributed by atoms with Crippen molar-refractivity contribution in [2.45, 2.75) is 25.7 Å². The van der Waals surface area contributed by atoms with E-state index in [-0.39, 0.29) is 29.8 Å². The van der Waals surface area contributed by atoms with E-state index in [9.17, 15) is 24.0 Å². The number of benzene rings is 7. The second-order valence-corrected chi connectivity index (χ2v) is 40.9. The molecule has 2 fully saturated rings. The zero-order valence-electron chi connectivity index (χ0n) is 80.1. The standard InChI is InChI=1S/C28H29ClN6O3.C27H27ClN6O3.C22H20ClN5O.C14H11BrClN3.C7H5BrIN3.C6H3BrIN3/c1-33(2)27(36)23-15-19(7-8-24(23)31-28(37)35-9-11-38-12-10-35)20-16-22-25(32-34(3)26(22)30-17-20)14-18-5-4-6-21(29)13-18;1-33(2)26(35)22-14-18(6-7-23(22)30-27(36)34-8-10-37-11-9-34)19-15-21-24(31-32-25(21)29-16-19)13-17-4-3-5-20(28)12-17;1-25-22(29)17-10-14(6-7-19(17)24)15-11-18-20(27-28(2)21(18)26-12-15)9-13-4-3-5-16(23)8-13;1-19-14-12(7-10(15)8-17-14)13(18-19)6-9-3-2-4-11(16)5-9;1-12-7-5(6(9)11-12)2-4(8)3-10-7;7-3-1-4-5(8)10-11-6(4)9-2-3/h4-8,13,15-17H,9-12,14H2,1-3H3,(H,31,37);3-7,12,14-16H,8-11,13H2,1-2H3,(H,30,36)(H,29,31,32);3-8,10-12H,9,24H2,1-2H3,(H,25,29);2-5,7-8H,6H2,1H3;2-3H,1H3;1-2H,(H,9,10,11). The van der Waals surface area contributed by atoms with Gasteiger partial charge in [0.1, 0.15) is 7.40 Å². The topological polar surface area (TPSA) is 385 Å². The molecule has 12 aromatic heterocycles. The summed E-state index contributed by atoms with van der Waals surface area (Å²) in [4.78, 5) is 96.8. The number of pyridine rings is 6. The molecule has 0 atom stereocenters. The molecule has 2 saturated heterocycles.